The smallest absolute Gasteiger partial charge is 0.315 e. The Balaban J connectivity index is 2.25. The number of carbonyl (C=O) groups is 2. The summed E-state index contributed by atoms with van der Waals surface area (Å²) in [7, 11) is 0. The number of carboxylic acids is 1. The van der Waals surface area contributed by atoms with Gasteiger partial charge in [-0.25, -0.2) is 4.79 Å². The summed E-state index contributed by atoms with van der Waals surface area (Å²) < 4.78 is 4.83. The SMILES string of the molecule is CCC(CNC(=O)NCc1nc(C)no1)CC(=O)O. The van der Waals surface area contributed by atoms with E-state index in [1.807, 2.05) is 6.92 Å². The molecule has 106 valence electrons. The van der Waals surface area contributed by atoms with E-state index in [1.165, 1.54) is 0 Å². The van der Waals surface area contributed by atoms with Crippen molar-refractivity contribution in [2.24, 2.45) is 5.92 Å². The molecule has 0 bridgehead atoms. The Morgan fingerprint density at radius 2 is 2.16 bits per heavy atom. The molecule has 19 heavy (non-hydrogen) atoms. The molecule has 0 spiro atoms. The van der Waals surface area contributed by atoms with Gasteiger partial charge in [0.15, 0.2) is 5.82 Å². The summed E-state index contributed by atoms with van der Waals surface area (Å²) in [5, 5.41) is 17.4. The van der Waals surface area contributed by atoms with E-state index >= 15 is 0 Å². The number of rotatable bonds is 7. The number of carboxylic acid groups (broad SMARTS) is 1. The van der Waals surface area contributed by atoms with Gasteiger partial charge in [-0.3, -0.25) is 4.79 Å². The van der Waals surface area contributed by atoms with E-state index in [1.54, 1.807) is 6.92 Å². The molecule has 1 atom stereocenters. The first-order valence-electron chi connectivity index (χ1n) is 6.04. The average molecular weight is 270 g/mol. The third-order valence-corrected chi connectivity index (χ3v) is 2.56. The van der Waals surface area contributed by atoms with Gasteiger partial charge >= 0.3 is 12.0 Å². The molecule has 1 aromatic rings. The topological polar surface area (TPSA) is 117 Å². The van der Waals surface area contributed by atoms with E-state index in [0.29, 0.717) is 24.7 Å². The van der Waals surface area contributed by atoms with Crippen LogP contribution in [0.2, 0.25) is 0 Å². The Bertz CT molecular complexity index is 432. The van der Waals surface area contributed by atoms with E-state index in [4.69, 9.17) is 9.63 Å². The lowest BCUT2D eigenvalue weighted by Crippen LogP contribution is -2.38. The maximum atomic E-state index is 11.5. The Kier molecular flexibility index (Phi) is 5.77. The molecule has 0 fully saturated rings. The van der Waals surface area contributed by atoms with Crippen LogP contribution in [0, 0.1) is 12.8 Å². The van der Waals surface area contributed by atoms with Crippen molar-refractivity contribution in [2.75, 3.05) is 6.54 Å². The number of aryl methyl sites for hydroxylation is 1. The van der Waals surface area contributed by atoms with Crippen LogP contribution in [0.15, 0.2) is 4.52 Å². The minimum Gasteiger partial charge on any atom is -0.481 e. The fourth-order valence-electron chi connectivity index (χ4n) is 1.48. The highest BCUT2D eigenvalue weighted by Gasteiger charge is 2.12. The Hall–Kier alpha value is -2.12. The highest BCUT2D eigenvalue weighted by Crippen LogP contribution is 2.06. The molecule has 0 aliphatic carbocycles. The lowest BCUT2D eigenvalue weighted by Gasteiger charge is -2.13. The Morgan fingerprint density at radius 1 is 1.42 bits per heavy atom. The molecule has 1 aromatic heterocycles. The number of nitrogens with one attached hydrogen (secondary N) is 2. The molecule has 1 heterocycles. The second-order valence-corrected chi connectivity index (χ2v) is 4.17. The normalized spacial score (nSPS) is 11.9. The van der Waals surface area contributed by atoms with Gasteiger partial charge in [0.1, 0.15) is 0 Å². The van der Waals surface area contributed by atoms with Crippen LogP contribution in [-0.2, 0) is 11.3 Å². The zero-order valence-corrected chi connectivity index (χ0v) is 11.0. The second-order valence-electron chi connectivity index (χ2n) is 4.17. The van der Waals surface area contributed by atoms with Crippen molar-refractivity contribution in [2.45, 2.75) is 33.2 Å². The second kappa shape index (κ2) is 7.34. The average Bonchev–Trinajstić information content (AvgIpc) is 2.77. The third kappa shape index (κ3) is 5.84. The number of amides is 2. The fourth-order valence-corrected chi connectivity index (χ4v) is 1.48. The Labute approximate surface area is 110 Å². The molecule has 8 nitrogen and oxygen atoms in total. The van der Waals surface area contributed by atoms with Crippen molar-refractivity contribution >= 4 is 12.0 Å². The van der Waals surface area contributed by atoms with Crippen molar-refractivity contribution in [3.63, 3.8) is 0 Å². The summed E-state index contributed by atoms with van der Waals surface area (Å²) in [5.41, 5.74) is 0. The van der Waals surface area contributed by atoms with E-state index in [0.717, 1.165) is 0 Å². The van der Waals surface area contributed by atoms with Crippen LogP contribution in [0.4, 0.5) is 4.79 Å². The van der Waals surface area contributed by atoms with Gasteiger partial charge in [0.25, 0.3) is 0 Å². The van der Waals surface area contributed by atoms with Crippen molar-refractivity contribution in [3.05, 3.63) is 11.7 Å². The molecule has 0 aromatic carbocycles. The monoisotopic (exact) mass is 270 g/mol. The molecule has 0 aliphatic rings. The van der Waals surface area contributed by atoms with Gasteiger partial charge in [-0.1, -0.05) is 18.5 Å². The molecule has 3 N–H and O–H groups in total. The van der Waals surface area contributed by atoms with Crippen molar-refractivity contribution < 1.29 is 19.2 Å². The van der Waals surface area contributed by atoms with Crippen molar-refractivity contribution in [1.82, 2.24) is 20.8 Å². The molecule has 8 heteroatoms. The molecule has 0 radical (unpaired) electrons. The number of aromatic nitrogens is 2. The van der Waals surface area contributed by atoms with E-state index in [9.17, 15) is 9.59 Å². The predicted octanol–water partition coefficient (Wildman–Crippen LogP) is 0.678. The third-order valence-electron chi connectivity index (χ3n) is 2.56. The van der Waals surface area contributed by atoms with E-state index < -0.39 is 5.97 Å². The quantitative estimate of drug-likeness (QED) is 0.670. The summed E-state index contributed by atoms with van der Waals surface area (Å²) in [6.45, 7) is 4.03. The molecular weight excluding hydrogens is 252 g/mol. The molecule has 0 saturated carbocycles. The molecule has 0 saturated heterocycles. The van der Waals surface area contributed by atoms with Crippen LogP contribution < -0.4 is 10.6 Å². The number of hydrogen-bond donors (Lipinski definition) is 3. The maximum absolute atomic E-state index is 11.5. The van der Waals surface area contributed by atoms with E-state index in [-0.39, 0.29) is 24.9 Å². The van der Waals surface area contributed by atoms with E-state index in [2.05, 4.69) is 20.8 Å². The first-order chi connectivity index (χ1) is 9.01. The van der Waals surface area contributed by atoms with Crippen LogP contribution in [0.3, 0.4) is 0 Å². The highest BCUT2D eigenvalue weighted by atomic mass is 16.5. The standard InChI is InChI=1S/C11H18N4O4/c1-3-8(4-10(16)17)5-12-11(18)13-6-9-14-7(2)15-19-9/h8H,3-6H2,1-2H3,(H,16,17)(H2,12,13,18). The predicted molar refractivity (Wildman–Crippen MR) is 65.3 cm³/mol. The summed E-state index contributed by atoms with van der Waals surface area (Å²) in [6.07, 6.45) is 0.731. The van der Waals surface area contributed by atoms with Crippen molar-refractivity contribution in [1.29, 1.82) is 0 Å². The maximum Gasteiger partial charge on any atom is 0.315 e. The number of aliphatic carboxylic acids is 1. The Morgan fingerprint density at radius 3 is 2.68 bits per heavy atom. The summed E-state index contributed by atoms with van der Waals surface area (Å²) in [6, 6.07) is -0.389. The summed E-state index contributed by atoms with van der Waals surface area (Å²) >= 11 is 0. The molecule has 2 amide bonds. The molecule has 1 unspecified atom stereocenters. The van der Waals surface area contributed by atoms with Gasteiger partial charge in [-0.15, -0.1) is 0 Å². The van der Waals surface area contributed by atoms with Gasteiger partial charge in [-0.05, 0) is 12.8 Å². The summed E-state index contributed by atoms with van der Waals surface area (Å²) in [4.78, 5) is 26.0. The van der Waals surface area contributed by atoms with Crippen LogP contribution in [-0.4, -0.2) is 33.8 Å². The molecule has 1 rings (SSSR count). The zero-order valence-electron chi connectivity index (χ0n) is 11.0. The van der Waals surface area contributed by atoms with Gasteiger partial charge in [0.05, 0.1) is 6.54 Å². The zero-order chi connectivity index (χ0) is 14.3. The molecular formula is C11H18N4O4. The van der Waals surface area contributed by atoms with Gasteiger partial charge in [0, 0.05) is 13.0 Å². The van der Waals surface area contributed by atoms with Crippen LogP contribution in [0.5, 0.6) is 0 Å². The fraction of sp³-hybridized carbons (Fsp3) is 0.636. The first-order valence-corrected chi connectivity index (χ1v) is 6.04. The van der Waals surface area contributed by atoms with Gasteiger partial charge in [0.2, 0.25) is 5.89 Å². The summed E-state index contributed by atoms with van der Waals surface area (Å²) in [5.74, 6) is -0.112. The number of nitrogens with zero attached hydrogens (tertiary/aromatic N) is 2. The lowest BCUT2D eigenvalue weighted by molar-refractivity contribution is -0.138. The lowest BCUT2D eigenvalue weighted by atomic mass is 10.0. The largest absolute Gasteiger partial charge is 0.481 e. The molecule has 0 aliphatic heterocycles. The van der Waals surface area contributed by atoms with Crippen LogP contribution in [0.25, 0.3) is 0 Å². The number of urea groups is 1. The van der Waals surface area contributed by atoms with Gasteiger partial charge < -0.3 is 20.3 Å². The minimum atomic E-state index is -0.865. The van der Waals surface area contributed by atoms with Crippen LogP contribution >= 0.6 is 0 Å². The highest BCUT2D eigenvalue weighted by molar-refractivity contribution is 5.73. The number of carbonyl (C=O) groups excluding carboxylic acids is 1. The number of hydrogen-bond acceptors (Lipinski definition) is 5. The van der Waals surface area contributed by atoms with Gasteiger partial charge in [-0.2, -0.15) is 4.98 Å². The van der Waals surface area contributed by atoms with Crippen LogP contribution in [0.1, 0.15) is 31.5 Å². The minimum absolute atomic E-state index is 0.0413. The van der Waals surface area contributed by atoms with Crippen molar-refractivity contribution in [3.8, 4) is 0 Å². The first kappa shape index (κ1) is 14.9.